The molecule has 1 atom stereocenters. The Labute approximate surface area is 183 Å². The molecule has 0 aliphatic carbocycles. The Balaban J connectivity index is 2.05. The van der Waals surface area contributed by atoms with Crippen LogP contribution in [0.25, 0.3) is 5.76 Å². The number of benzene rings is 2. The first-order valence-corrected chi connectivity index (χ1v) is 10.6. The Hall–Kier alpha value is -2.48. The second-order valence-electron chi connectivity index (χ2n) is 6.93. The summed E-state index contributed by atoms with van der Waals surface area (Å²) < 4.78 is 6.14. The molecule has 158 valence electrons. The number of carbonyl (C=O) groups is 2. The highest BCUT2D eigenvalue weighted by molar-refractivity contribution is 9.10. The summed E-state index contributed by atoms with van der Waals surface area (Å²) in [7, 11) is 0. The maximum Gasteiger partial charge on any atom is 0.295 e. The number of Topliss-reactive ketones (excluding diaryl/α,β-unsaturated/α-hetero) is 1. The van der Waals surface area contributed by atoms with Gasteiger partial charge >= 0.3 is 0 Å². The van der Waals surface area contributed by atoms with Gasteiger partial charge in [-0.2, -0.15) is 0 Å². The number of nitrogens with zero attached hydrogens (tertiary/aromatic N) is 1. The molecule has 1 fully saturated rings. The lowest BCUT2D eigenvalue weighted by atomic mass is 9.94. The van der Waals surface area contributed by atoms with E-state index in [1.54, 1.807) is 24.3 Å². The first kappa shape index (κ1) is 22.2. The average Bonchev–Trinajstić information content (AvgIpc) is 3.01. The first-order valence-electron chi connectivity index (χ1n) is 9.79. The van der Waals surface area contributed by atoms with Gasteiger partial charge in [-0.15, -0.1) is 0 Å². The van der Waals surface area contributed by atoms with Gasteiger partial charge in [0.15, 0.2) is 0 Å². The monoisotopic (exact) mass is 473 g/mol. The molecule has 7 heteroatoms. The smallest absolute Gasteiger partial charge is 0.295 e. The summed E-state index contributed by atoms with van der Waals surface area (Å²) in [5.41, 5.74) is 2.40. The van der Waals surface area contributed by atoms with Crippen LogP contribution in [0.1, 0.15) is 29.7 Å². The number of aryl methyl sites for hydroxylation is 1. The van der Waals surface area contributed by atoms with Crippen LogP contribution in [0.5, 0.6) is 0 Å². The van der Waals surface area contributed by atoms with Gasteiger partial charge in [0.05, 0.1) is 31.4 Å². The van der Waals surface area contributed by atoms with E-state index in [0.717, 1.165) is 22.0 Å². The zero-order chi connectivity index (χ0) is 21.7. The molecule has 30 heavy (non-hydrogen) atoms. The van der Waals surface area contributed by atoms with Gasteiger partial charge in [-0.05, 0) is 29.7 Å². The van der Waals surface area contributed by atoms with Gasteiger partial charge in [-0.1, -0.05) is 59.3 Å². The van der Waals surface area contributed by atoms with Crippen molar-refractivity contribution in [2.75, 3.05) is 26.4 Å². The highest BCUT2D eigenvalue weighted by Gasteiger charge is 2.45. The van der Waals surface area contributed by atoms with Crippen molar-refractivity contribution in [1.82, 2.24) is 4.90 Å². The number of hydrogen-bond donors (Lipinski definition) is 2. The quantitative estimate of drug-likeness (QED) is 0.265. The molecule has 1 heterocycles. The number of ketones is 1. The minimum Gasteiger partial charge on any atom is -0.507 e. The van der Waals surface area contributed by atoms with Crippen molar-refractivity contribution < 1.29 is 24.5 Å². The summed E-state index contributed by atoms with van der Waals surface area (Å²) in [6.07, 6.45) is 0.869. The molecule has 2 N–H and O–H groups in total. The van der Waals surface area contributed by atoms with Gasteiger partial charge in [-0.3, -0.25) is 9.59 Å². The van der Waals surface area contributed by atoms with Crippen molar-refractivity contribution >= 4 is 33.4 Å². The third-order valence-corrected chi connectivity index (χ3v) is 5.60. The lowest BCUT2D eigenvalue weighted by Gasteiger charge is -2.25. The standard InChI is InChI=1S/C23H24BrNO5/c1-2-15-3-5-16(6-4-15)20-19(21(27)17-7-9-18(24)10-8-17)22(28)23(29)25(20)11-13-30-14-12-26/h3-10,20,26-27H,2,11-14H2,1H3. The Bertz CT molecular complexity index is 937. The van der Waals surface area contributed by atoms with Gasteiger partial charge in [0.1, 0.15) is 5.76 Å². The molecule has 0 bridgehead atoms. The second-order valence-corrected chi connectivity index (χ2v) is 7.85. The van der Waals surface area contributed by atoms with E-state index >= 15 is 0 Å². The van der Waals surface area contributed by atoms with Gasteiger partial charge in [0.25, 0.3) is 11.7 Å². The van der Waals surface area contributed by atoms with E-state index in [9.17, 15) is 14.7 Å². The van der Waals surface area contributed by atoms with Crippen molar-refractivity contribution in [2.24, 2.45) is 0 Å². The molecular formula is C23H24BrNO5. The zero-order valence-electron chi connectivity index (χ0n) is 16.7. The Morgan fingerprint density at radius 3 is 2.33 bits per heavy atom. The summed E-state index contributed by atoms with van der Waals surface area (Å²) in [5.74, 6) is -1.60. The van der Waals surface area contributed by atoms with E-state index in [1.165, 1.54) is 4.90 Å². The predicted octanol–water partition coefficient (Wildman–Crippen LogP) is 3.44. The predicted molar refractivity (Wildman–Crippen MR) is 117 cm³/mol. The van der Waals surface area contributed by atoms with Crippen LogP contribution < -0.4 is 0 Å². The van der Waals surface area contributed by atoms with Gasteiger partial charge in [0.2, 0.25) is 0 Å². The van der Waals surface area contributed by atoms with Crippen LogP contribution in [0.2, 0.25) is 0 Å². The van der Waals surface area contributed by atoms with Crippen LogP contribution >= 0.6 is 15.9 Å². The number of halogens is 1. The minimum atomic E-state index is -0.720. The van der Waals surface area contributed by atoms with E-state index in [2.05, 4.69) is 15.9 Å². The second kappa shape index (κ2) is 10.0. The van der Waals surface area contributed by atoms with E-state index in [-0.39, 0.29) is 37.7 Å². The molecule has 2 aromatic carbocycles. The number of ether oxygens (including phenoxy) is 1. The SMILES string of the molecule is CCc1ccc(C2C(=C(O)c3ccc(Br)cc3)C(=O)C(=O)N2CCOCCO)cc1. The molecule has 0 saturated carbocycles. The van der Waals surface area contributed by atoms with Crippen LogP contribution in [-0.4, -0.2) is 53.2 Å². The molecule has 3 rings (SSSR count). The maximum absolute atomic E-state index is 12.9. The number of rotatable bonds is 8. The molecular weight excluding hydrogens is 450 g/mol. The topological polar surface area (TPSA) is 87.1 Å². The number of amides is 1. The molecule has 1 saturated heterocycles. The van der Waals surface area contributed by atoms with E-state index in [4.69, 9.17) is 9.84 Å². The van der Waals surface area contributed by atoms with E-state index in [1.807, 2.05) is 31.2 Å². The normalized spacial score (nSPS) is 18.2. The number of likely N-dealkylation sites (tertiary alicyclic amines) is 1. The van der Waals surface area contributed by atoms with Crippen LogP contribution in [0.4, 0.5) is 0 Å². The first-order chi connectivity index (χ1) is 14.5. The van der Waals surface area contributed by atoms with Crippen LogP contribution in [0.3, 0.4) is 0 Å². The average molecular weight is 474 g/mol. The fourth-order valence-electron chi connectivity index (χ4n) is 3.49. The molecule has 2 aromatic rings. The van der Waals surface area contributed by atoms with Crippen molar-refractivity contribution in [3.05, 3.63) is 75.3 Å². The molecule has 6 nitrogen and oxygen atoms in total. The summed E-state index contributed by atoms with van der Waals surface area (Å²) in [4.78, 5) is 27.1. The number of hydrogen-bond acceptors (Lipinski definition) is 5. The van der Waals surface area contributed by atoms with E-state index < -0.39 is 17.7 Å². The fourth-order valence-corrected chi connectivity index (χ4v) is 3.75. The Kier molecular flexibility index (Phi) is 7.42. The third-order valence-electron chi connectivity index (χ3n) is 5.07. The van der Waals surface area contributed by atoms with Crippen LogP contribution in [0.15, 0.2) is 58.6 Å². The molecule has 1 unspecified atom stereocenters. The number of carbonyl (C=O) groups excluding carboxylic acids is 2. The van der Waals surface area contributed by atoms with Gasteiger partial charge in [-0.25, -0.2) is 0 Å². The zero-order valence-corrected chi connectivity index (χ0v) is 18.3. The van der Waals surface area contributed by atoms with E-state index in [0.29, 0.717) is 5.56 Å². The molecule has 0 spiro atoms. The summed E-state index contributed by atoms with van der Waals surface area (Å²) in [6, 6.07) is 13.9. The number of aliphatic hydroxyl groups is 2. The molecule has 1 aliphatic rings. The summed E-state index contributed by atoms with van der Waals surface area (Å²) in [6.45, 7) is 2.42. The minimum absolute atomic E-state index is 0.0636. The fraction of sp³-hybridized carbons (Fsp3) is 0.304. The summed E-state index contributed by atoms with van der Waals surface area (Å²) >= 11 is 3.35. The molecule has 0 radical (unpaired) electrons. The highest BCUT2D eigenvalue weighted by Crippen LogP contribution is 2.39. The van der Waals surface area contributed by atoms with Crippen molar-refractivity contribution in [2.45, 2.75) is 19.4 Å². The van der Waals surface area contributed by atoms with Crippen molar-refractivity contribution in [3.63, 3.8) is 0 Å². The lowest BCUT2D eigenvalue weighted by molar-refractivity contribution is -0.140. The van der Waals surface area contributed by atoms with Gasteiger partial charge in [0, 0.05) is 16.6 Å². The van der Waals surface area contributed by atoms with Crippen LogP contribution in [0, 0.1) is 0 Å². The maximum atomic E-state index is 12.9. The third kappa shape index (κ3) is 4.64. The van der Waals surface area contributed by atoms with Crippen molar-refractivity contribution in [3.8, 4) is 0 Å². The lowest BCUT2D eigenvalue weighted by Crippen LogP contribution is -2.33. The Morgan fingerprint density at radius 2 is 1.73 bits per heavy atom. The summed E-state index contributed by atoms with van der Waals surface area (Å²) in [5, 5.41) is 19.8. The van der Waals surface area contributed by atoms with Gasteiger partial charge < -0.3 is 19.8 Å². The number of aliphatic hydroxyl groups excluding tert-OH is 2. The molecule has 1 amide bonds. The van der Waals surface area contributed by atoms with Crippen LogP contribution in [-0.2, 0) is 20.7 Å². The Morgan fingerprint density at radius 1 is 1.07 bits per heavy atom. The largest absolute Gasteiger partial charge is 0.507 e. The highest BCUT2D eigenvalue weighted by atomic mass is 79.9. The molecule has 1 aliphatic heterocycles. The molecule has 0 aromatic heterocycles. The van der Waals surface area contributed by atoms with Crippen molar-refractivity contribution in [1.29, 1.82) is 0 Å².